The Hall–Kier alpha value is -2.56. The predicted octanol–water partition coefficient (Wildman–Crippen LogP) is 5.12. The molecule has 19 heavy (non-hydrogen) atoms. The molecule has 0 fully saturated rings. The molecule has 0 spiro atoms. The molecule has 0 amide bonds. The maximum absolute atomic E-state index is 3.72. The Balaban J connectivity index is 2.08. The summed E-state index contributed by atoms with van der Waals surface area (Å²) in [5.41, 5.74) is 6.24. The first kappa shape index (κ1) is 12.9. The zero-order valence-corrected chi connectivity index (χ0v) is 10.8. The molecule has 2 aromatic rings. The van der Waals surface area contributed by atoms with E-state index in [1.807, 2.05) is 48.6 Å². The SMILES string of the molecule is C=C=C(C=Cc1ccccc1)C=Cc1ccccc1. The van der Waals surface area contributed by atoms with Gasteiger partial charge in [0, 0.05) is 5.57 Å². The second kappa shape index (κ2) is 7.00. The van der Waals surface area contributed by atoms with Gasteiger partial charge in [-0.3, -0.25) is 0 Å². The molecule has 0 heterocycles. The molecule has 0 aromatic heterocycles. The fourth-order valence-corrected chi connectivity index (χ4v) is 1.67. The summed E-state index contributed by atoms with van der Waals surface area (Å²) in [7, 11) is 0. The zero-order valence-electron chi connectivity index (χ0n) is 10.8. The molecule has 0 aliphatic heterocycles. The number of allylic oxidation sites excluding steroid dienone is 3. The Morgan fingerprint density at radius 2 is 1.16 bits per heavy atom. The maximum atomic E-state index is 3.72. The smallest absolute Gasteiger partial charge is 0.0158 e. The van der Waals surface area contributed by atoms with E-state index < -0.39 is 0 Å². The molecule has 0 aliphatic rings. The minimum Gasteiger partial charge on any atom is -0.121 e. The fourth-order valence-electron chi connectivity index (χ4n) is 1.67. The van der Waals surface area contributed by atoms with Crippen LogP contribution in [0, 0.1) is 0 Å². The second-order valence-electron chi connectivity index (χ2n) is 4.12. The van der Waals surface area contributed by atoms with Crippen LogP contribution in [0.3, 0.4) is 0 Å². The first-order chi connectivity index (χ1) is 9.38. The lowest BCUT2D eigenvalue weighted by molar-refractivity contribution is 1.64. The predicted molar refractivity (Wildman–Crippen MR) is 83.6 cm³/mol. The molecule has 0 heteroatoms. The van der Waals surface area contributed by atoms with Gasteiger partial charge in [0.05, 0.1) is 0 Å². The summed E-state index contributed by atoms with van der Waals surface area (Å²) in [5, 5.41) is 0. The molecule has 0 saturated heterocycles. The van der Waals surface area contributed by atoms with Crippen LogP contribution in [-0.4, -0.2) is 0 Å². The van der Waals surface area contributed by atoms with E-state index in [0.717, 1.165) is 5.57 Å². The molecule has 0 aliphatic carbocycles. The molecule has 0 N–H and O–H groups in total. The minimum absolute atomic E-state index is 0.965. The Labute approximate surface area is 114 Å². The third-order valence-electron chi connectivity index (χ3n) is 2.71. The molecule has 92 valence electrons. The van der Waals surface area contributed by atoms with Crippen LogP contribution in [0.25, 0.3) is 12.2 Å². The normalized spacial score (nSPS) is 10.7. The summed E-state index contributed by atoms with van der Waals surface area (Å²) in [6.45, 7) is 3.72. The summed E-state index contributed by atoms with van der Waals surface area (Å²) in [5.74, 6) is 0. The minimum atomic E-state index is 0.965. The van der Waals surface area contributed by atoms with E-state index in [1.54, 1.807) is 0 Å². The van der Waals surface area contributed by atoms with Gasteiger partial charge in [0.2, 0.25) is 0 Å². The van der Waals surface area contributed by atoms with Crippen molar-refractivity contribution in [2.24, 2.45) is 0 Å². The van der Waals surface area contributed by atoms with Gasteiger partial charge in [-0.05, 0) is 23.3 Å². The van der Waals surface area contributed by atoms with E-state index in [1.165, 1.54) is 11.1 Å². The first-order valence-corrected chi connectivity index (χ1v) is 6.25. The Kier molecular flexibility index (Phi) is 4.75. The molecule has 0 saturated carbocycles. The van der Waals surface area contributed by atoms with Crippen molar-refractivity contribution in [3.05, 3.63) is 102 Å². The highest BCUT2D eigenvalue weighted by molar-refractivity contribution is 5.59. The molecule has 0 atom stereocenters. The Bertz CT molecular complexity index is 558. The highest BCUT2D eigenvalue weighted by Gasteiger charge is 1.87. The maximum Gasteiger partial charge on any atom is 0.0158 e. The number of benzene rings is 2. The van der Waals surface area contributed by atoms with Gasteiger partial charge >= 0.3 is 0 Å². The lowest BCUT2D eigenvalue weighted by Crippen LogP contribution is -1.73. The molecule has 2 aromatic carbocycles. The van der Waals surface area contributed by atoms with E-state index in [9.17, 15) is 0 Å². The van der Waals surface area contributed by atoms with E-state index >= 15 is 0 Å². The number of hydrogen-bond donors (Lipinski definition) is 0. The van der Waals surface area contributed by atoms with E-state index in [4.69, 9.17) is 0 Å². The second-order valence-corrected chi connectivity index (χ2v) is 4.12. The Morgan fingerprint density at radius 3 is 1.53 bits per heavy atom. The van der Waals surface area contributed by atoms with Crippen molar-refractivity contribution in [1.82, 2.24) is 0 Å². The van der Waals surface area contributed by atoms with Crippen LogP contribution in [0.15, 0.2) is 90.7 Å². The average molecular weight is 244 g/mol. The van der Waals surface area contributed by atoms with Gasteiger partial charge in [0.15, 0.2) is 0 Å². The van der Waals surface area contributed by atoms with Crippen molar-refractivity contribution in [2.75, 3.05) is 0 Å². The standard InChI is InChI=1S/C19H16/c1-2-17(13-15-18-9-5-3-6-10-18)14-16-19-11-7-4-8-12-19/h3-16H,1H2. The quantitative estimate of drug-likeness (QED) is 0.517. The highest BCUT2D eigenvalue weighted by Crippen LogP contribution is 2.08. The summed E-state index contributed by atoms with van der Waals surface area (Å²) in [6.07, 6.45) is 8.15. The molecular formula is C19H16. The number of rotatable bonds is 4. The largest absolute Gasteiger partial charge is 0.121 e. The summed E-state index contributed by atoms with van der Waals surface area (Å²) in [6, 6.07) is 20.4. The van der Waals surface area contributed by atoms with Crippen LogP contribution in [0.5, 0.6) is 0 Å². The average Bonchev–Trinajstić information content (AvgIpc) is 2.49. The van der Waals surface area contributed by atoms with Crippen LogP contribution in [0.4, 0.5) is 0 Å². The molecule has 2 rings (SSSR count). The third-order valence-corrected chi connectivity index (χ3v) is 2.71. The lowest BCUT2D eigenvalue weighted by atomic mass is 10.1. The van der Waals surface area contributed by atoms with Gasteiger partial charge in [-0.25, -0.2) is 0 Å². The van der Waals surface area contributed by atoms with Crippen LogP contribution in [-0.2, 0) is 0 Å². The fraction of sp³-hybridized carbons (Fsp3) is 0. The van der Waals surface area contributed by atoms with E-state index in [0.29, 0.717) is 0 Å². The van der Waals surface area contributed by atoms with Gasteiger partial charge in [-0.15, -0.1) is 5.73 Å². The van der Waals surface area contributed by atoms with Gasteiger partial charge in [-0.2, -0.15) is 0 Å². The van der Waals surface area contributed by atoms with Crippen LogP contribution in [0.1, 0.15) is 11.1 Å². The van der Waals surface area contributed by atoms with Gasteiger partial charge in [0.25, 0.3) is 0 Å². The van der Waals surface area contributed by atoms with Crippen LogP contribution in [0.2, 0.25) is 0 Å². The van der Waals surface area contributed by atoms with Gasteiger partial charge in [0.1, 0.15) is 0 Å². The molecule has 0 unspecified atom stereocenters. The summed E-state index contributed by atoms with van der Waals surface area (Å²) < 4.78 is 0. The van der Waals surface area contributed by atoms with Crippen molar-refractivity contribution in [3.8, 4) is 0 Å². The Morgan fingerprint density at radius 1 is 0.737 bits per heavy atom. The van der Waals surface area contributed by atoms with Crippen LogP contribution < -0.4 is 0 Å². The van der Waals surface area contributed by atoms with Gasteiger partial charge in [-0.1, -0.05) is 79.4 Å². The monoisotopic (exact) mass is 244 g/mol. The zero-order chi connectivity index (χ0) is 13.3. The van der Waals surface area contributed by atoms with E-state index in [-0.39, 0.29) is 0 Å². The van der Waals surface area contributed by atoms with Crippen molar-refractivity contribution in [1.29, 1.82) is 0 Å². The van der Waals surface area contributed by atoms with Crippen molar-refractivity contribution >= 4 is 12.2 Å². The lowest BCUT2D eigenvalue weighted by Gasteiger charge is -1.93. The number of hydrogen-bond acceptors (Lipinski definition) is 0. The highest BCUT2D eigenvalue weighted by atomic mass is 13.9. The molecule has 0 bridgehead atoms. The molecule has 0 radical (unpaired) electrons. The van der Waals surface area contributed by atoms with Gasteiger partial charge < -0.3 is 0 Å². The van der Waals surface area contributed by atoms with Crippen molar-refractivity contribution < 1.29 is 0 Å². The van der Waals surface area contributed by atoms with E-state index in [2.05, 4.69) is 48.7 Å². The molecular weight excluding hydrogens is 228 g/mol. The third kappa shape index (κ3) is 4.31. The van der Waals surface area contributed by atoms with Crippen molar-refractivity contribution in [2.45, 2.75) is 0 Å². The van der Waals surface area contributed by atoms with Crippen LogP contribution >= 0.6 is 0 Å². The summed E-state index contributed by atoms with van der Waals surface area (Å²) in [4.78, 5) is 0. The first-order valence-electron chi connectivity index (χ1n) is 6.25. The summed E-state index contributed by atoms with van der Waals surface area (Å²) >= 11 is 0. The topological polar surface area (TPSA) is 0 Å². The molecule has 0 nitrogen and oxygen atoms in total. The van der Waals surface area contributed by atoms with Crippen molar-refractivity contribution in [3.63, 3.8) is 0 Å².